The average Bonchev–Trinajstić information content (AvgIpc) is 3.22. The van der Waals surface area contributed by atoms with Gasteiger partial charge in [0.2, 0.25) is 0 Å². The zero-order valence-corrected chi connectivity index (χ0v) is 11.0. The maximum absolute atomic E-state index is 4.18. The molecule has 0 radical (unpaired) electrons. The molecule has 2 aliphatic rings. The summed E-state index contributed by atoms with van der Waals surface area (Å²) in [6, 6.07) is 5.79. The van der Waals surface area contributed by atoms with Crippen LogP contribution in [0.2, 0.25) is 0 Å². The minimum atomic E-state index is 0.736. The third-order valence-electron chi connectivity index (χ3n) is 3.99. The number of pyridine rings is 1. The summed E-state index contributed by atoms with van der Waals surface area (Å²) in [5.41, 5.74) is 1.36. The van der Waals surface area contributed by atoms with Gasteiger partial charge in [-0.2, -0.15) is 0 Å². The lowest BCUT2D eigenvalue weighted by Crippen LogP contribution is -2.46. The van der Waals surface area contributed by atoms with Crippen molar-refractivity contribution in [3.63, 3.8) is 0 Å². The molecule has 1 atom stereocenters. The SMILES string of the molecule is c1cncc(CCN2CCCC(NC3CC3)C2)c1. The van der Waals surface area contributed by atoms with Crippen LogP contribution in [0, 0.1) is 0 Å². The van der Waals surface area contributed by atoms with Gasteiger partial charge in [-0.05, 0) is 50.3 Å². The quantitative estimate of drug-likeness (QED) is 0.858. The summed E-state index contributed by atoms with van der Waals surface area (Å²) in [7, 11) is 0. The van der Waals surface area contributed by atoms with Crippen molar-refractivity contribution >= 4 is 0 Å². The van der Waals surface area contributed by atoms with Crippen molar-refractivity contribution in [2.45, 2.75) is 44.2 Å². The third kappa shape index (κ3) is 3.53. The molecule has 2 heterocycles. The lowest BCUT2D eigenvalue weighted by atomic mass is 10.0. The Morgan fingerprint density at radius 1 is 1.28 bits per heavy atom. The molecule has 1 unspecified atom stereocenters. The summed E-state index contributed by atoms with van der Waals surface area (Å²) in [6.07, 6.45) is 10.5. The molecule has 0 spiro atoms. The van der Waals surface area contributed by atoms with Crippen LogP contribution in [0.15, 0.2) is 24.5 Å². The van der Waals surface area contributed by atoms with Crippen molar-refractivity contribution in [2.24, 2.45) is 0 Å². The minimum absolute atomic E-state index is 0.736. The van der Waals surface area contributed by atoms with E-state index in [1.807, 2.05) is 18.5 Å². The van der Waals surface area contributed by atoms with Gasteiger partial charge in [-0.3, -0.25) is 4.98 Å². The highest BCUT2D eigenvalue weighted by Crippen LogP contribution is 2.22. The van der Waals surface area contributed by atoms with Crippen LogP contribution in [0.25, 0.3) is 0 Å². The molecule has 2 fully saturated rings. The molecule has 3 rings (SSSR count). The van der Waals surface area contributed by atoms with Crippen LogP contribution in [0.1, 0.15) is 31.2 Å². The molecule has 1 aliphatic heterocycles. The Morgan fingerprint density at radius 2 is 2.22 bits per heavy atom. The van der Waals surface area contributed by atoms with Gasteiger partial charge in [0.15, 0.2) is 0 Å². The van der Waals surface area contributed by atoms with Gasteiger partial charge in [-0.25, -0.2) is 0 Å². The fraction of sp³-hybridized carbons (Fsp3) is 0.667. The molecule has 3 heteroatoms. The molecule has 18 heavy (non-hydrogen) atoms. The Balaban J connectivity index is 1.44. The Hall–Kier alpha value is -0.930. The standard InChI is InChI=1S/C15H23N3/c1-3-13(11-16-8-1)7-10-18-9-2-4-15(12-18)17-14-5-6-14/h1,3,8,11,14-15,17H,2,4-7,9-10,12H2. The van der Waals surface area contributed by atoms with Gasteiger partial charge in [-0.15, -0.1) is 0 Å². The number of hydrogen-bond donors (Lipinski definition) is 1. The molecule has 1 saturated carbocycles. The number of aromatic nitrogens is 1. The number of hydrogen-bond acceptors (Lipinski definition) is 3. The van der Waals surface area contributed by atoms with E-state index in [-0.39, 0.29) is 0 Å². The van der Waals surface area contributed by atoms with Crippen molar-refractivity contribution in [2.75, 3.05) is 19.6 Å². The lowest BCUT2D eigenvalue weighted by Gasteiger charge is -2.33. The van der Waals surface area contributed by atoms with Crippen LogP contribution < -0.4 is 5.32 Å². The molecule has 1 N–H and O–H groups in total. The van der Waals surface area contributed by atoms with Gasteiger partial charge in [0, 0.05) is 37.6 Å². The van der Waals surface area contributed by atoms with Crippen LogP contribution in [-0.2, 0) is 6.42 Å². The van der Waals surface area contributed by atoms with E-state index in [0.29, 0.717) is 0 Å². The number of likely N-dealkylation sites (tertiary alicyclic amines) is 1. The van der Waals surface area contributed by atoms with Crippen LogP contribution in [0.4, 0.5) is 0 Å². The Kier molecular flexibility index (Phi) is 3.91. The largest absolute Gasteiger partial charge is 0.310 e. The first-order valence-electron chi connectivity index (χ1n) is 7.27. The monoisotopic (exact) mass is 245 g/mol. The van der Waals surface area contributed by atoms with Crippen molar-refractivity contribution < 1.29 is 0 Å². The van der Waals surface area contributed by atoms with Gasteiger partial charge in [-0.1, -0.05) is 6.07 Å². The highest BCUT2D eigenvalue weighted by Gasteiger charge is 2.27. The van der Waals surface area contributed by atoms with Crippen LogP contribution in [-0.4, -0.2) is 41.6 Å². The molecule has 0 aromatic carbocycles. The molecule has 0 amide bonds. The topological polar surface area (TPSA) is 28.2 Å². The Labute approximate surface area is 110 Å². The molecule has 3 nitrogen and oxygen atoms in total. The predicted octanol–water partition coefficient (Wildman–Crippen LogP) is 1.84. The molecule has 1 aliphatic carbocycles. The molecule has 1 aromatic rings. The van der Waals surface area contributed by atoms with E-state index in [1.165, 1.54) is 50.9 Å². The molecule has 1 saturated heterocycles. The van der Waals surface area contributed by atoms with Gasteiger partial charge in [0.1, 0.15) is 0 Å². The summed E-state index contributed by atoms with van der Waals surface area (Å²) < 4.78 is 0. The summed E-state index contributed by atoms with van der Waals surface area (Å²) in [5.74, 6) is 0. The van der Waals surface area contributed by atoms with Gasteiger partial charge < -0.3 is 10.2 Å². The van der Waals surface area contributed by atoms with Crippen LogP contribution in [0.5, 0.6) is 0 Å². The van der Waals surface area contributed by atoms with Gasteiger partial charge in [0.05, 0.1) is 0 Å². The number of rotatable bonds is 5. The van der Waals surface area contributed by atoms with Crippen molar-refractivity contribution in [1.29, 1.82) is 0 Å². The van der Waals surface area contributed by atoms with E-state index in [0.717, 1.165) is 18.5 Å². The maximum Gasteiger partial charge on any atom is 0.0300 e. The molecular weight excluding hydrogens is 222 g/mol. The van der Waals surface area contributed by atoms with Gasteiger partial charge >= 0.3 is 0 Å². The fourth-order valence-electron chi connectivity index (χ4n) is 2.81. The van der Waals surface area contributed by atoms with E-state index in [9.17, 15) is 0 Å². The van der Waals surface area contributed by atoms with Crippen molar-refractivity contribution in [1.82, 2.24) is 15.2 Å². The Bertz CT molecular complexity index is 361. The molecule has 1 aromatic heterocycles. The van der Waals surface area contributed by atoms with Crippen molar-refractivity contribution in [3.8, 4) is 0 Å². The summed E-state index contributed by atoms with van der Waals surface area (Å²) in [4.78, 5) is 6.79. The second kappa shape index (κ2) is 5.81. The summed E-state index contributed by atoms with van der Waals surface area (Å²) in [6.45, 7) is 3.68. The zero-order valence-electron chi connectivity index (χ0n) is 11.0. The first-order valence-corrected chi connectivity index (χ1v) is 7.27. The van der Waals surface area contributed by atoms with Crippen LogP contribution >= 0.6 is 0 Å². The first-order chi connectivity index (χ1) is 8.90. The highest BCUT2D eigenvalue weighted by atomic mass is 15.2. The molecule has 98 valence electrons. The number of nitrogens with one attached hydrogen (secondary N) is 1. The lowest BCUT2D eigenvalue weighted by molar-refractivity contribution is 0.191. The maximum atomic E-state index is 4.18. The van der Waals surface area contributed by atoms with E-state index in [4.69, 9.17) is 0 Å². The van der Waals surface area contributed by atoms with Crippen LogP contribution in [0.3, 0.4) is 0 Å². The average molecular weight is 245 g/mol. The number of nitrogens with zero attached hydrogens (tertiary/aromatic N) is 2. The second-order valence-electron chi connectivity index (χ2n) is 5.69. The third-order valence-corrected chi connectivity index (χ3v) is 3.99. The van der Waals surface area contributed by atoms with Gasteiger partial charge in [0.25, 0.3) is 0 Å². The zero-order chi connectivity index (χ0) is 12.2. The predicted molar refractivity (Wildman–Crippen MR) is 73.6 cm³/mol. The molecule has 0 bridgehead atoms. The first kappa shape index (κ1) is 12.1. The van der Waals surface area contributed by atoms with E-state index >= 15 is 0 Å². The highest BCUT2D eigenvalue weighted by molar-refractivity contribution is 5.08. The molecular formula is C15H23N3. The van der Waals surface area contributed by atoms with E-state index < -0.39 is 0 Å². The smallest absolute Gasteiger partial charge is 0.0300 e. The number of piperidine rings is 1. The second-order valence-corrected chi connectivity index (χ2v) is 5.69. The normalized spacial score (nSPS) is 25.2. The van der Waals surface area contributed by atoms with E-state index in [2.05, 4.69) is 21.3 Å². The Morgan fingerprint density at radius 3 is 3.00 bits per heavy atom. The van der Waals surface area contributed by atoms with E-state index in [1.54, 1.807) is 0 Å². The van der Waals surface area contributed by atoms with Crippen molar-refractivity contribution in [3.05, 3.63) is 30.1 Å². The minimum Gasteiger partial charge on any atom is -0.310 e. The fourth-order valence-corrected chi connectivity index (χ4v) is 2.81. The summed E-state index contributed by atoms with van der Waals surface area (Å²) in [5, 5.41) is 3.77. The summed E-state index contributed by atoms with van der Waals surface area (Å²) >= 11 is 0.